The van der Waals surface area contributed by atoms with Crippen LogP contribution in [0.1, 0.15) is 41.6 Å². The first kappa shape index (κ1) is 16.2. The van der Waals surface area contributed by atoms with E-state index in [0.717, 1.165) is 36.9 Å². The quantitative estimate of drug-likeness (QED) is 0.881. The van der Waals surface area contributed by atoms with Gasteiger partial charge in [0, 0.05) is 23.7 Å². The zero-order chi connectivity index (χ0) is 16.8. The molecule has 0 aromatic heterocycles. The number of hydrogen-bond donors (Lipinski definition) is 2. The van der Waals surface area contributed by atoms with E-state index >= 15 is 0 Å². The Morgan fingerprint density at radius 1 is 0.917 bits per heavy atom. The molecule has 0 spiro atoms. The molecule has 0 heterocycles. The minimum Gasteiger partial charge on any atom is -0.348 e. The van der Waals surface area contributed by atoms with Gasteiger partial charge in [0.15, 0.2) is 0 Å². The zero-order valence-corrected chi connectivity index (χ0v) is 13.6. The Morgan fingerprint density at radius 3 is 2.25 bits per heavy atom. The molecule has 1 fully saturated rings. The van der Waals surface area contributed by atoms with Crippen LogP contribution in [0.5, 0.6) is 0 Å². The maximum absolute atomic E-state index is 12.2. The SMILES string of the molecule is O=C(NCc1ccccc1)c1ccc(NC(=O)C2CCCC2)cc1. The van der Waals surface area contributed by atoms with Gasteiger partial charge in [0.25, 0.3) is 5.91 Å². The van der Waals surface area contributed by atoms with Crippen LogP contribution in [0.15, 0.2) is 54.6 Å². The fraction of sp³-hybridized carbons (Fsp3) is 0.300. The maximum atomic E-state index is 12.2. The average molecular weight is 322 g/mol. The van der Waals surface area contributed by atoms with Gasteiger partial charge in [0.05, 0.1) is 0 Å². The van der Waals surface area contributed by atoms with Crippen LogP contribution in [0.25, 0.3) is 0 Å². The molecule has 3 rings (SSSR count). The minimum atomic E-state index is -0.118. The molecule has 4 nitrogen and oxygen atoms in total. The Balaban J connectivity index is 1.53. The fourth-order valence-electron chi connectivity index (χ4n) is 3.02. The normalized spacial score (nSPS) is 14.3. The molecule has 2 aromatic carbocycles. The highest BCUT2D eigenvalue weighted by molar-refractivity contribution is 5.96. The molecular weight excluding hydrogens is 300 g/mol. The Labute approximate surface area is 142 Å². The lowest BCUT2D eigenvalue weighted by Gasteiger charge is -2.11. The van der Waals surface area contributed by atoms with Crippen LogP contribution in [-0.2, 0) is 11.3 Å². The Morgan fingerprint density at radius 2 is 1.58 bits per heavy atom. The van der Waals surface area contributed by atoms with E-state index < -0.39 is 0 Å². The molecule has 2 aromatic rings. The van der Waals surface area contributed by atoms with Crippen LogP contribution in [0.4, 0.5) is 5.69 Å². The lowest BCUT2D eigenvalue weighted by atomic mass is 10.1. The van der Waals surface area contributed by atoms with Crippen LogP contribution in [0.2, 0.25) is 0 Å². The van der Waals surface area contributed by atoms with Gasteiger partial charge in [-0.05, 0) is 42.7 Å². The number of carbonyl (C=O) groups is 2. The monoisotopic (exact) mass is 322 g/mol. The smallest absolute Gasteiger partial charge is 0.251 e. The predicted octanol–water partition coefficient (Wildman–Crippen LogP) is 3.75. The third-order valence-corrected chi connectivity index (χ3v) is 4.44. The third kappa shape index (κ3) is 4.22. The van der Waals surface area contributed by atoms with Crippen molar-refractivity contribution >= 4 is 17.5 Å². The van der Waals surface area contributed by atoms with Gasteiger partial charge < -0.3 is 10.6 Å². The fourth-order valence-corrected chi connectivity index (χ4v) is 3.02. The van der Waals surface area contributed by atoms with Crippen LogP contribution in [-0.4, -0.2) is 11.8 Å². The molecule has 124 valence electrons. The van der Waals surface area contributed by atoms with Crippen LogP contribution >= 0.6 is 0 Å². The molecule has 4 heteroatoms. The molecule has 0 radical (unpaired) electrons. The first-order valence-corrected chi connectivity index (χ1v) is 8.45. The predicted molar refractivity (Wildman–Crippen MR) is 94.6 cm³/mol. The van der Waals surface area contributed by atoms with Crippen molar-refractivity contribution in [1.82, 2.24) is 5.32 Å². The summed E-state index contributed by atoms with van der Waals surface area (Å²) in [4.78, 5) is 24.3. The molecule has 0 unspecified atom stereocenters. The number of nitrogens with one attached hydrogen (secondary N) is 2. The number of benzene rings is 2. The molecule has 2 N–H and O–H groups in total. The molecule has 24 heavy (non-hydrogen) atoms. The first-order chi connectivity index (χ1) is 11.7. The summed E-state index contributed by atoms with van der Waals surface area (Å²) in [5.74, 6) is 0.111. The molecule has 0 bridgehead atoms. The molecule has 0 saturated heterocycles. The number of rotatable bonds is 5. The van der Waals surface area contributed by atoms with Crippen molar-refractivity contribution < 1.29 is 9.59 Å². The lowest BCUT2D eigenvalue weighted by Crippen LogP contribution is -2.23. The summed E-state index contributed by atoms with van der Waals surface area (Å²) in [6.45, 7) is 0.500. The summed E-state index contributed by atoms with van der Waals surface area (Å²) >= 11 is 0. The van der Waals surface area contributed by atoms with Crippen LogP contribution < -0.4 is 10.6 Å². The maximum Gasteiger partial charge on any atom is 0.251 e. The molecule has 1 aliphatic carbocycles. The van der Waals surface area contributed by atoms with E-state index in [0.29, 0.717) is 12.1 Å². The molecule has 1 aliphatic rings. The highest BCUT2D eigenvalue weighted by atomic mass is 16.2. The van der Waals surface area contributed by atoms with E-state index in [1.54, 1.807) is 24.3 Å². The molecule has 1 saturated carbocycles. The van der Waals surface area contributed by atoms with E-state index in [2.05, 4.69) is 10.6 Å². The summed E-state index contributed by atoms with van der Waals surface area (Å²) in [5.41, 5.74) is 2.39. The third-order valence-electron chi connectivity index (χ3n) is 4.44. The number of hydrogen-bond acceptors (Lipinski definition) is 2. The van der Waals surface area contributed by atoms with E-state index in [4.69, 9.17) is 0 Å². The molecular formula is C20H22N2O2. The highest BCUT2D eigenvalue weighted by Gasteiger charge is 2.22. The highest BCUT2D eigenvalue weighted by Crippen LogP contribution is 2.26. The minimum absolute atomic E-state index is 0.0915. The summed E-state index contributed by atoms with van der Waals surface area (Å²) in [5, 5.41) is 5.83. The zero-order valence-electron chi connectivity index (χ0n) is 13.6. The lowest BCUT2D eigenvalue weighted by molar-refractivity contribution is -0.119. The Hall–Kier alpha value is -2.62. The van der Waals surface area contributed by atoms with Crippen molar-refractivity contribution in [2.75, 3.05) is 5.32 Å². The summed E-state index contributed by atoms with van der Waals surface area (Å²) < 4.78 is 0. The first-order valence-electron chi connectivity index (χ1n) is 8.45. The number of amides is 2. The standard InChI is InChI=1S/C20H22N2O2/c23-19(21-14-15-6-2-1-3-7-15)17-10-12-18(13-11-17)22-20(24)16-8-4-5-9-16/h1-3,6-7,10-13,16H,4-5,8-9,14H2,(H,21,23)(H,22,24). The van der Waals surface area contributed by atoms with E-state index in [1.165, 1.54) is 0 Å². The van der Waals surface area contributed by atoms with Gasteiger partial charge in [-0.3, -0.25) is 9.59 Å². The molecule has 2 amide bonds. The van der Waals surface area contributed by atoms with Crippen molar-refractivity contribution in [2.45, 2.75) is 32.2 Å². The average Bonchev–Trinajstić information content (AvgIpc) is 3.16. The number of carbonyl (C=O) groups excluding carboxylic acids is 2. The van der Waals surface area contributed by atoms with Gasteiger partial charge in [0.1, 0.15) is 0 Å². The second kappa shape index (κ2) is 7.77. The summed E-state index contributed by atoms with van der Waals surface area (Å²) in [7, 11) is 0. The summed E-state index contributed by atoms with van der Waals surface area (Å²) in [6.07, 6.45) is 4.23. The topological polar surface area (TPSA) is 58.2 Å². The molecule has 0 aliphatic heterocycles. The van der Waals surface area contributed by atoms with Crippen molar-refractivity contribution in [2.24, 2.45) is 5.92 Å². The van der Waals surface area contributed by atoms with E-state index in [9.17, 15) is 9.59 Å². The van der Waals surface area contributed by atoms with Gasteiger partial charge in [-0.15, -0.1) is 0 Å². The van der Waals surface area contributed by atoms with Gasteiger partial charge in [-0.2, -0.15) is 0 Å². The van der Waals surface area contributed by atoms with Crippen LogP contribution in [0, 0.1) is 5.92 Å². The second-order valence-corrected chi connectivity index (χ2v) is 6.22. The second-order valence-electron chi connectivity index (χ2n) is 6.22. The van der Waals surface area contributed by atoms with Crippen molar-refractivity contribution in [3.05, 3.63) is 65.7 Å². The van der Waals surface area contributed by atoms with E-state index in [-0.39, 0.29) is 17.7 Å². The van der Waals surface area contributed by atoms with Gasteiger partial charge >= 0.3 is 0 Å². The van der Waals surface area contributed by atoms with Gasteiger partial charge in [-0.1, -0.05) is 43.2 Å². The largest absolute Gasteiger partial charge is 0.348 e. The molecule has 0 atom stereocenters. The Bertz CT molecular complexity index is 689. The number of anilines is 1. The van der Waals surface area contributed by atoms with Crippen molar-refractivity contribution in [1.29, 1.82) is 0 Å². The van der Waals surface area contributed by atoms with Crippen molar-refractivity contribution in [3.63, 3.8) is 0 Å². The van der Waals surface area contributed by atoms with Gasteiger partial charge in [0.2, 0.25) is 5.91 Å². The van der Waals surface area contributed by atoms with Gasteiger partial charge in [-0.25, -0.2) is 0 Å². The summed E-state index contributed by atoms with van der Waals surface area (Å²) in [6, 6.07) is 16.8. The Kier molecular flexibility index (Phi) is 5.26. The van der Waals surface area contributed by atoms with Crippen LogP contribution in [0.3, 0.4) is 0 Å². The van der Waals surface area contributed by atoms with Crippen molar-refractivity contribution in [3.8, 4) is 0 Å². The van der Waals surface area contributed by atoms with E-state index in [1.807, 2.05) is 30.3 Å².